The molecule has 1 saturated heterocycles. The first-order valence-electron chi connectivity index (χ1n) is 7.48. The Morgan fingerprint density at radius 2 is 2.15 bits per heavy atom. The molecule has 0 bridgehead atoms. The van der Waals surface area contributed by atoms with Crippen molar-refractivity contribution in [3.8, 4) is 0 Å². The molecule has 2 N–H and O–H groups in total. The summed E-state index contributed by atoms with van der Waals surface area (Å²) < 4.78 is 5.63. The third kappa shape index (κ3) is 2.66. The Morgan fingerprint density at radius 3 is 2.90 bits per heavy atom. The molecule has 3 rings (SSSR count). The second-order valence-corrected chi connectivity index (χ2v) is 5.93. The molecule has 20 heavy (non-hydrogen) atoms. The van der Waals surface area contributed by atoms with E-state index in [1.165, 1.54) is 5.56 Å². The lowest BCUT2D eigenvalue weighted by atomic mass is 9.98. The van der Waals surface area contributed by atoms with Crippen LogP contribution in [0.5, 0.6) is 0 Å². The first kappa shape index (κ1) is 13.4. The number of fused-ring (bicyclic) bond motifs is 1. The number of anilines is 2. The van der Waals surface area contributed by atoms with Crippen LogP contribution in [0.25, 0.3) is 0 Å². The van der Waals surface area contributed by atoms with E-state index in [4.69, 9.17) is 4.74 Å². The average molecular weight is 274 g/mol. The van der Waals surface area contributed by atoms with Crippen molar-refractivity contribution in [3.63, 3.8) is 0 Å². The molecule has 0 aromatic heterocycles. The van der Waals surface area contributed by atoms with Gasteiger partial charge in [-0.25, -0.2) is 0 Å². The summed E-state index contributed by atoms with van der Waals surface area (Å²) in [4.78, 5) is 12.3. The van der Waals surface area contributed by atoms with Crippen LogP contribution in [0.3, 0.4) is 0 Å². The van der Waals surface area contributed by atoms with E-state index in [1.54, 1.807) is 0 Å². The molecule has 0 radical (unpaired) electrons. The summed E-state index contributed by atoms with van der Waals surface area (Å²) in [6, 6.07) is 6.53. The fourth-order valence-corrected chi connectivity index (χ4v) is 2.98. The van der Waals surface area contributed by atoms with Crippen LogP contribution in [0.15, 0.2) is 18.2 Å². The number of carbonyl (C=O) groups is 1. The maximum Gasteiger partial charge on any atom is 0.253 e. The highest BCUT2D eigenvalue weighted by molar-refractivity contribution is 5.97. The van der Waals surface area contributed by atoms with Crippen molar-refractivity contribution in [3.05, 3.63) is 23.8 Å². The topological polar surface area (TPSA) is 50.4 Å². The Bertz CT molecular complexity index is 515. The Kier molecular flexibility index (Phi) is 3.66. The van der Waals surface area contributed by atoms with Crippen LogP contribution in [-0.2, 0) is 16.0 Å². The van der Waals surface area contributed by atoms with E-state index in [0.717, 1.165) is 37.1 Å². The zero-order chi connectivity index (χ0) is 14.1. The molecular weight excluding hydrogens is 252 g/mol. The van der Waals surface area contributed by atoms with Crippen molar-refractivity contribution < 1.29 is 9.53 Å². The maximum atomic E-state index is 12.3. The summed E-state index contributed by atoms with van der Waals surface area (Å²) in [6.45, 7) is 4.18. The van der Waals surface area contributed by atoms with E-state index >= 15 is 0 Å². The van der Waals surface area contributed by atoms with Crippen molar-refractivity contribution in [2.75, 3.05) is 10.6 Å². The van der Waals surface area contributed by atoms with Crippen LogP contribution >= 0.6 is 0 Å². The number of hydrogen-bond donors (Lipinski definition) is 2. The summed E-state index contributed by atoms with van der Waals surface area (Å²) in [6.07, 6.45) is 3.85. The van der Waals surface area contributed by atoms with E-state index in [1.807, 2.05) is 19.1 Å². The standard InChI is InChI=1S/C16H22N2O2/c1-10-6-8-12-4-3-5-13(15(12)17-10)18-16(19)14-9-7-11(2)20-14/h3-5,10-11,14,17H,6-9H2,1-2H3,(H,18,19). The van der Waals surface area contributed by atoms with Crippen molar-refractivity contribution in [1.29, 1.82) is 0 Å². The summed E-state index contributed by atoms with van der Waals surface area (Å²) in [7, 11) is 0. The summed E-state index contributed by atoms with van der Waals surface area (Å²) in [5.41, 5.74) is 3.23. The fourth-order valence-electron chi connectivity index (χ4n) is 2.98. The van der Waals surface area contributed by atoms with Crippen LogP contribution in [0.2, 0.25) is 0 Å². The molecule has 4 heteroatoms. The zero-order valence-electron chi connectivity index (χ0n) is 12.1. The van der Waals surface area contributed by atoms with E-state index < -0.39 is 0 Å². The molecule has 3 unspecified atom stereocenters. The number of aryl methyl sites for hydroxylation is 1. The molecule has 1 fully saturated rings. The molecule has 0 aliphatic carbocycles. The highest BCUT2D eigenvalue weighted by atomic mass is 16.5. The highest BCUT2D eigenvalue weighted by Gasteiger charge is 2.29. The number of hydrogen-bond acceptors (Lipinski definition) is 3. The minimum Gasteiger partial charge on any atom is -0.381 e. The van der Waals surface area contributed by atoms with Gasteiger partial charge in [-0.15, -0.1) is 0 Å². The van der Waals surface area contributed by atoms with Gasteiger partial charge >= 0.3 is 0 Å². The monoisotopic (exact) mass is 274 g/mol. The highest BCUT2D eigenvalue weighted by Crippen LogP contribution is 2.32. The van der Waals surface area contributed by atoms with Crippen LogP contribution in [0.1, 0.15) is 38.7 Å². The Hall–Kier alpha value is -1.55. The molecule has 2 aliphatic heterocycles. The van der Waals surface area contributed by atoms with Gasteiger partial charge in [0.05, 0.1) is 17.5 Å². The lowest BCUT2D eigenvalue weighted by molar-refractivity contribution is -0.126. The van der Waals surface area contributed by atoms with Gasteiger partial charge in [0.2, 0.25) is 0 Å². The first-order chi connectivity index (χ1) is 9.63. The maximum absolute atomic E-state index is 12.3. The number of amides is 1. The molecule has 1 aromatic carbocycles. The molecule has 0 saturated carbocycles. The van der Waals surface area contributed by atoms with Gasteiger partial charge in [-0.1, -0.05) is 12.1 Å². The lowest BCUT2D eigenvalue weighted by Gasteiger charge is -2.26. The SMILES string of the molecule is CC1CCc2cccc(NC(=O)C3CCC(C)O3)c2N1. The van der Waals surface area contributed by atoms with E-state index in [0.29, 0.717) is 6.04 Å². The second kappa shape index (κ2) is 5.44. The second-order valence-electron chi connectivity index (χ2n) is 5.93. The van der Waals surface area contributed by atoms with Gasteiger partial charge < -0.3 is 15.4 Å². The van der Waals surface area contributed by atoms with E-state index in [2.05, 4.69) is 23.6 Å². The fraction of sp³-hybridized carbons (Fsp3) is 0.562. The molecular formula is C16H22N2O2. The normalized spacial score (nSPS) is 28.6. The Labute approximate surface area is 119 Å². The summed E-state index contributed by atoms with van der Waals surface area (Å²) in [5.74, 6) is -0.0252. The van der Waals surface area contributed by atoms with Crippen LogP contribution < -0.4 is 10.6 Å². The van der Waals surface area contributed by atoms with Gasteiger partial charge in [-0.2, -0.15) is 0 Å². The van der Waals surface area contributed by atoms with Crippen molar-refractivity contribution in [2.24, 2.45) is 0 Å². The van der Waals surface area contributed by atoms with Crippen LogP contribution in [0.4, 0.5) is 11.4 Å². The molecule has 2 aliphatic rings. The number of carbonyl (C=O) groups excluding carboxylic acids is 1. The molecule has 1 amide bonds. The quantitative estimate of drug-likeness (QED) is 0.871. The van der Waals surface area contributed by atoms with E-state index in [9.17, 15) is 4.79 Å². The van der Waals surface area contributed by atoms with Crippen LogP contribution in [0, 0.1) is 0 Å². The minimum atomic E-state index is -0.304. The van der Waals surface area contributed by atoms with Gasteiger partial charge in [0.25, 0.3) is 5.91 Å². The van der Waals surface area contributed by atoms with Gasteiger partial charge in [0.15, 0.2) is 0 Å². The predicted octanol–water partition coefficient (Wildman–Crippen LogP) is 2.94. The number of benzene rings is 1. The minimum absolute atomic E-state index is 0.0252. The smallest absolute Gasteiger partial charge is 0.253 e. The number of ether oxygens (including phenoxy) is 1. The largest absolute Gasteiger partial charge is 0.381 e. The van der Waals surface area contributed by atoms with Crippen LogP contribution in [-0.4, -0.2) is 24.2 Å². The summed E-state index contributed by atoms with van der Waals surface area (Å²) >= 11 is 0. The number of rotatable bonds is 2. The number of para-hydroxylation sites is 1. The molecule has 3 atom stereocenters. The Balaban J connectivity index is 1.76. The predicted molar refractivity (Wildman–Crippen MR) is 80.0 cm³/mol. The Morgan fingerprint density at radius 1 is 1.30 bits per heavy atom. The third-order valence-electron chi connectivity index (χ3n) is 4.17. The first-order valence-corrected chi connectivity index (χ1v) is 7.48. The lowest BCUT2D eigenvalue weighted by Crippen LogP contribution is -2.29. The number of nitrogens with one attached hydrogen (secondary N) is 2. The molecule has 1 aromatic rings. The third-order valence-corrected chi connectivity index (χ3v) is 4.17. The molecule has 108 valence electrons. The van der Waals surface area contributed by atoms with Crippen molar-refractivity contribution in [2.45, 2.75) is 57.8 Å². The van der Waals surface area contributed by atoms with Gasteiger partial charge in [0, 0.05) is 6.04 Å². The molecule has 2 heterocycles. The van der Waals surface area contributed by atoms with E-state index in [-0.39, 0.29) is 18.1 Å². The van der Waals surface area contributed by atoms with Crippen molar-refractivity contribution >= 4 is 17.3 Å². The van der Waals surface area contributed by atoms with Gasteiger partial charge in [-0.05, 0) is 51.2 Å². The molecule has 0 spiro atoms. The average Bonchev–Trinajstić information content (AvgIpc) is 2.86. The summed E-state index contributed by atoms with van der Waals surface area (Å²) in [5, 5.41) is 6.50. The van der Waals surface area contributed by atoms with Crippen molar-refractivity contribution in [1.82, 2.24) is 0 Å². The molecule has 4 nitrogen and oxygen atoms in total. The van der Waals surface area contributed by atoms with Gasteiger partial charge in [0.1, 0.15) is 6.10 Å². The van der Waals surface area contributed by atoms with Gasteiger partial charge in [-0.3, -0.25) is 4.79 Å². The zero-order valence-corrected chi connectivity index (χ0v) is 12.1.